The Bertz CT molecular complexity index is 464. The Hall–Kier alpha value is -1.19. The first-order chi connectivity index (χ1) is 9.48. The predicted octanol–water partition coefficient (Wildman–Crippen LogP) is 2.80. The van der Waals surface area contributed by atoms with Gasteiger partial charge in [0.15, 0.2) is 5.78 Å². The fourth-order valence-electron chi connectivity index (χ4n) is 3.03. The maximum absolute atomic E-state index is 12.1. The van der Waals surface area contributed by atoms with Gasteiger partial charge >= 0.3 is 0 Å². The van der Waals surface area contributed by atoms with Crippen LogP contribution in [0.4, 0.5) is 0 Å². The molecule has 2 rings (SSSR count). The van der Waals surface area contributed by atoms with E-state index in [1.165, 1.54) is 0 Å². The quantitative estimate of drug-likeness (QED) is 0.812. The Morgan fingerprint density at radius 1 is 1.35 bits per heavy atom. The molecular formula is C17H25NO2. The van der Waals surface area contributed by atoms with Crippen molar-refractivity contribution in [2.24, 2.45) is 0 Å². The lowest BCUT2D eigenvalue weighted by atomic mass is 10.0. The van der Waals surface area contributed by atoms with E-state index in [9.17, 15) is 9.90 Å². The van der Waals surface area contributed by atoms with E-state index >= 15 is 0 Å². The van der Waals surface area contributed by atoms with Crippen LogP contribution in [0.1, 0.15) is 48.0 Å². The van der Waals surface area contributed by atoms with Gasteiger partial charge in [0.25, 0.3) is 0 Å². The van der Waals surface area contributed by atoms with Crippen molar-refractivity contribution in [3.63, 3.8) is 0 Å². The number of Topliss-reactive ketones (excluding diaryl/α,β-unsaturated/α-hetero) is 1. The smallest absolute Gasteiger partial charge is 0.164 e. The fourth-order valence-corrected chi connectivity index (χ4v) is 3.03. The first-order valence-corrected chi connectivity index (χ1v) is 7.49. The Morgan fingerprint density at radius 2 is 2.05 bits per heavy atom. The third-order valence-electron chi connectivity index (χ3n) is 4.16. The number of hydrogen-bond acceptors (Lipinski definition) is 3. The van der Waals surface area contributed by atoms with Gasteiger partial charge < -0.3 is 10.0 Å². The van der Waals surface area contributed by atoms with Gasteiger partial charge in [-0.15, -0.1) is 0 Å². The molecule has 110 valence electrons. The molecule has 3 nitrogen and oxygen atoms in total. The van der Waals surface area contributed by atoms with E-state index in [1.54, 1.807) is 0 Å². The topological polar surface area (TPSA) is 40.5 Å². The number of rotatable bonds is 6. The van der Waals surface area contributed by atoms with E-state index in [2.05, 4.69) is 4.90 Å². The fraction of sp³-hybridized carbons (Fsp3) is 0.588. The summed E-state index contributed by atoms with van der Waals surface area (Å²) in [6.45, 7) is 3.38. The molecule has 0 bridgehead atoms. The highest BCUT2D eigenvalue weighted by atomic mass is 16.3. The second kappa shape index (κ2) is 6.51. The minimum atomic E-state index is -0.527. The number of carbonyl (C=O) groups excluding carboxylic acids is 1. The summed E-state index contributed by atoms with van der Waals surface area (Å²) in [6, 6.07) is 7.73. The van der Waals surface area contributed by atoms with E-state index in [1.807, 2.05) is 38.2 Å². The summed E-state index contributed by atoms with van der Waals surface area (Å²) in [4.78, 5) is 14.2. The Morgan fingerprint density at radius 3 is 2.70 bits per heavy atom. The summed E-state index contributed by atoms with van der Waals surface area (Å²) in [5.74, 6) is 0.180. The van der Waals surface area contributed by atoms with Gasteiger partial charge in [-0.25, -0.2) is 0 Å². The van der Waals surface area contributed by atoms with Crippen molar-refractivity contribution in [2.75, 3.05) is 20.1 Å². The highest BCUT2D eigenvalue weighted by Crippen LogP contribution is 2.29. The largest absolute Gasteiger partial charge is 0.389 e. The van der Waals surface area contributed by atoms with E-state index in [4.69, 9.17) is 0 Å². The number of aryl methyl sites for hydroxylation is 1. The van der Waals surface area contributed by atoms with Crippen LogP contribution >= 0.6 is 0 Å². The predicted molar refractivity (Wildman–Crippen MR) is 81.0 cm³/mol. The summed E-state index contributed by atoms with van der Waals surface area (Å²) in [6.07, 6.45) is 4.53. The maximum Gasteiger partial charge on any atom is 0.164 e. The number of nitrogens with zero attached hydrogens (tertiary/aromatic N) is 1. The molecule has 0 unspecified atom stereocenters. The standard InChI is InChI=1S/C17H25NO2/c1-14-6-5-7-15(12-14)16(19)8-11-18(2)13-17(20)9-3-4-10-17/h5-7,12,20H,3-4,8-11,13H2,1-2H3. The summed E-state index contributed by atoms with van der Waals surface area (Å²) >= 11 is 0. The van der Waals surface area contributed by atoms with Crippen LogP contribution in [0.2, 0.25) is 0 Å². The van der Waals surface area contributed by atoms with Crippen LogP contribution in [0.3, 0.4) is 0 Å². The number of benzene rings is 1. The van der Waals surface area contributed by atoms with Crippen molar-refractivity contribution in [3.05, 3.63) is 35.4 Å². The molecule has 0 aromatic heterocycles. The molecule has 0 spiro atoms. The van der Waals surface area contributed by atoms with Crippen LogP contribution in [-0.4, -0.2) is 41.5 Å². The number of ketones is 1. The summed E-state index contributed by atoms with van der Waals surface area (Å²) < 4.78 is 0. The van der Waals surface area contributed by atoms with Gasteiger partial charge in [0.1, 0.15) is 0 Å². The molecule has 1 aliphatic rings. The number of hydrogen-bond donors (Lipinski definition) is 1. The molecule has 1 aromatic carbocycles. The van der Waals surface area contributed by atoms with Crippen molar-refractivity contribution in [1.82, 2.24) is 4.90 Å². The highest BCUT2D eigenvalue weighted by Gasteiger charge is 2.32. The Kier molecular flexibility index (Phi) is 4.95. The second-order valence-corrected chi connectivity index (χ2v) is 6.21. The van der Waals surface area contributed by atoms with Crippen LogP contribution in [0, 0.1) is 6.92 Å². The molecule has 1 N–H and O–H groups in total. The molecule has 0 atom stereocenters. The van der Waals surface area contributed by atoms with Crippen LogP contribution in [0.5, 0.6) is 0 Å². The van der Waals surface area contributed by atoms with Gasteiger partial charge in [0.05, 0.1) is 5.60 Å². The average Bonchev–Trinajstić information content (AvgIpc) is 2.82. The Balaban J connectivity index is 1.81. The maximum atomic E-state index is 12.1. The second-order valence-electron chi connectivity index (χ2n) is 6.21. The van der Waals surface area contributed by atoms with E-state index < -0.39 is 5.60 Å². The number of aliphatic hydroxyl groups is 1. The lowest BCUT2D eigenvalue weighted by Crippen LogP contribution is -2.39. The molecule has 1 fully saturated rings. The summed E-state index contributed by atoms with van der Waals surface area (Å²) in [7, 11) is 1.99. The molecule has 1 saturated carbocycles. The van der Waals surface area contributed by atoms with Gasteiger partial charge in [-0.05, 0) is 32.9 Å². The lowest BCUT2D eigenvalue weighted by molar-refractivity contribution is 0.0162. The molecule has 0 radical (unpaired) electrons. The molecule has 0 saturated heterocycles. The minimum Gasteiger partial charge on any atom is -0.389 e. The zero-order valence-electron chi connectivity index (χ0n) is 12.6. The lowest BCUT2D eigenvalue weighted by Gasteiger charge is -2.28. The first kappa shape index (κ1) is 15.2. The third-order valence-corrected chi connectivity index (χ3v) is 4.16. The van der Waals surface area contributed by atoms with E-state index in [0.717, 1.165) is 36.8 Å². The molecule has 0 amide bonds. The number of likely N-dealkylation sites (N-methyl/N-ethyl adjacent to an activating group) is 1. The summed E-state index contributed by atoms with van der Waals surface area (Å²) in [5.41, 5.74) is 1.38. The van der Waals surface area contributed by atoms with Gasteiger partial charge in [-0.2, -0.15) is 0 Å². The highest BCUT2D eigenvalue weighted by molar-refractivity contribution is 5.96. The monoisotopic (exact) mass is 275 g/mol. The summed E-state index contributed by atoms with van der Waals surface area (Å²) in [5, 5.41) is 10.4. The van der Waals surface area contributed by atoms with Gasteiger partial charge in [0, 0.05) is 25.1 Å². The van der Waals surface area contributed by atoms with Crippen molar-refractivity contribution in [2.45, 2.75) is 44.6 Å². The van der Waals surface area contributed by atoms with Crippen molar-refractivity contribution >= 4 is 5.78 Å². The van der Waals surface area contributed by atoms with Crippen LogP contribution < -0.4 is 0 Å². The Labute approximate surface area is 121 Å². The normalized spacial score (nSPS) is 17.6. The van der Waals surface area contributed by atoms with Crippen LogP contribution in [0.15, 0.2) is 24.3 Å². The van der Waals surface area contributed by atoms with Gasteiger partial charge in [-0.1, -0.05) is 36.6 Å². The van der Waals surface area contributed by atoms with E-state index in [0.29, 0.717) is 19.5 Å². The molecule has 0 heterocycles. The van der Waals surface area contributed by atoms with Crippen LogP contribution in [-0.2, 0) is 0 Å². The van der Waals surface area contributed by atoms with Crippen LogP contribution in [0.25, 0.3) is 0 Å². The average molecular weight is 275 g/mol. The third kappa shape index (κ3) is 4.15. The van der Waals surface area contributed by atoms with E-state index in [-0.39, 0.29) is 5.78 Å². The molecule has 20 heavy (non-hydrogen) atoms. The minimum absolute atomic E-state index is 0.180. The molecule has 3 heteroatoms. The zero-order chi connectivity index (χ0) is 14.6. The van der Waals surface area contributed by atoms with Crippen molar-refractivity contribution in [3.8, 4) is 0 Å². The molecule has 1 aromatic rings. The van der Waals surface area contributed by atoms with Gasteiger partial charge in [-0.3, -0.25) is 4.79 Å². The van der Waals surface area contributed by atoms with Crippen molar-refractivity contribution in [1.29, 1.82) is 0 Å². The zero-order valence-corrected chi connectivity index (χ0v) is 12.6. The van der Waals surface area contributed by atoms with Crippen molar-refractivity contribution < 1.29 is 9.90 Å². The molecule has 0 aliphatic heterocycles. The molecular weight excluding hydrogens is 250 g/mol. The SMILES string of the molecule is Cc1cccc(C(=O)CCN(C)CC2(O)CCCC2)c1. The molecule has 1 aliphatic carbocycles. The number of carbonyl (C=O) groups is 1. The van der Waals surface area contributed by atoms with Gasteiger partial charge in [0.2, 0.25) is 0 Å². The first-order valence-electron chi connectivity index (χ1n) is 7.49.